The van der Waals surface area contributed by atoms with Crippen LogP contribution in [0.15, 0.2) is 267 Å². The highest BCUT2D eigenvalue weighted by molar-refractivity contribution is 6.22. The van der Waals surface area contributed by atoms with Gasteiger partial charge in [-0.05, 0) is 154 Å². The van der Waals surface area contributed by atoms with E-state index in [9.17, 15) is 0 Å². The van der Waals surface area contributed by atoms with Crippen molar-refractivity contribution in [3.63, 3.8) is 0 Å². The molecule has 0 spiro atoms. The van der Waals surface area contributed by atoms with Crippen molar-refractivity contribution in [1.29, 1.82) is 0 Å². The molecule has 1 aliphatic carbocycles. The van der Waals surface area contributed by atoms with Gasteiger partial charge in [0.2, 0.25) is 0 Å². The van der Waals surface area contributed by atoms with Gasteiger partial charge in [-0.2, -0.15) is 0 Å². The summed E-state index contributed by atoms with van der Waals surface area (Å²) in [6.07, 6.45) is 0. The molecule has 1 unspecified atom stereocenters. The summed E-state index contributed by atoms with van der Waals surface area (Å²) in [4.78, 5) is 2.46. The molecular weight excluding hydrogens is 831 g/mol. The van der Waals surface area contributed by atoms with Crippen LogP contribution in [0.25, 0.3) is 88.0 Å². The molecule has 12 aromatic carbocycles. The van der Waals surface area contributed by atoms with Crippen LogP contribution in [0.4, 0.5) is 17.1 Å². The lowest BCUT2D eigenvalue weighted by atomic mass is 9.74. The summed E-state index contributed by atoms with van der Waals surface area (Å²) in [7, 11) is 0. The second-order valence-corrected chi connectivity index (χ2v) is 18.5. The number of fused-ring (bicyclic) bond motifs is 7. The van der Waals surface area contributed by atoms with Gasteiger partial charge in [-0.1, -0.05) is 224 Å². The van der Waals surface area contributed by atoms with E-state index in [1.807, 2.05) is 0 Å². The molecule has 0 amide bonds. The first-order valence-electron chi connectivity index (χ1n) is 24.0. The van der Waals surface area contributed by atoms with Gasteiger partial charge >= 0.3 is 0 Å². The molecule has 1 aliphatic rings. The maximum atomic E-state index is 2.46. The molecule has 13 rings (SSSR count). The summed E-state index contributed by atoms with van der Waals surface area (Å²) in [5, 5.41) is 7.47. The van der Waals surface area contributed by atoms with Gasteiger partial charge in [0.25, 0.3) is 0 Å². The summed E-state index contributed by atoms with van der Waals surface area (Å²) in [5.74, 6) is 0. The molecule has 1 nitrogen and oxygen atoms in total. The fourth-order valence-electron chi connectivity index (χ4n) is 11.4. The van der Waals surface area contributed by atoms with Crippen molar-refractivity contribution in [2.24, 2.45) is 0 Å². The molecule has 1 atom stereocenters. The minimum absolute atomic E-state index is 0.341. The number of benzene rings is 12. The van der Waals surface area contributed by atoms with Crippen LogP contribution < -0.4 is 4.90 Å². The summed E-state index contributed by atoms with van der Waals surface area (Å²) in [6.45, 7) is 2.40. The molecule has 69 heavy (non-hydrogen) atoms. The van der Waals surface area contributed by atoms with Crippen LogP contribution in [0.2, 0.25) is 0 Å². The standard InChI is InChI=1S/C68H47N/c1-68(52-28-9-4-10-29-52)64-37-16-15-34-60(64)61-41-39-55(45-65(61)68)69(54-31-18-27-51(43-54)57-36-19-25-46-20-11-12-32-56(46)57)53-30-17-26-49(42-53)50-38-40-59-58-33-13-14-35-62(58)66(47-21-5-2-6-22-47)67(63(59)44-50)48-23-7-3-8-24-48/h2-45H,1H3. The highest BCUT2D eigenvalue weighted by Crippen LogP contribution is 2.54. The van der Waals surface area contributed by atoms with Crippen molar-refractivity contribution in [3.8, 4) is 55.6 Å². The Balaban J connectivity index is 1.02. The van der Waals surface area contributed by atoms with Gasteiger partial charge in [-0.3, -0.25) is 0 Å². The third-order valence-corrected chi connectivity index (χ3v) is 14.7. The lowest BCUT2D eigenvalue weighted by Gasteiger charge is -2.31. The van der Waals surface area contributed by atoms with E-state index in [1.54, 1.807) is 0 Å². The molecule has 0 heterocycles. The minimum Gasteiger partial charge on any atom is -0.310 e. The first-order valence-corrected chi connectivity index (χ1v) is 24.0. The van der Waals surface area contributed by atoms with Crippen LogP contribution in [-0.4, -0.2) is 0 Å². The Morgan fingerprint density at radius 2 is 0.768 bits per heavy atom. The summed E-state index contributed by atoms with van der Waals surface area (Å²) in [6, 6.07) is 98.5. The molecule has 0 N–H and O–H groups in total. The number of nitrogens with zero attached hydrogens (tertiary/aromatic N) is 1. The molecule has 324 valence electrons. The van der Waals surface area contributed by atoms with E-state index < -0.39 is 0 Å². The SMILES string of the molecule is CC1(c2ccccc2)c2ccccc2-c2ccc(N(c3cccc(-c4ccc5c(c4)c(-c4ccccc4)c(-c4ccccc4)c4ccccc45)c3)c3cccc(-c4cccc5ccccc45)c3)cc21. The number of anilines is 3. The smallest absolute Gasteiger partial charge is 0.0467 e. The summed E-state index contributed by atoms with van der Waals surface area (Å²) < 4.78 is 0. The van der Waals surface area contributed by atoms with E-state index >= 15 is 0 Å². The molecule has 0 radical (unpaired) electrons. The molecule has 0 saturated carbocycles. The normalized spacial score (nSPS) is 13.9. The van der Waals surface area contributed by atoms with Gasteiger partial charge in [0.15, 0.2) is 0 Å². The largest absolute Gasteiger partial charge is 0.310 e. The van der Waals surface area contributed by atoms with Gasteiger partial charge in [0.05, 0.1) is 0 Å². The number of hydrogen-bond donors (Lipinski definition) is 0. The average Bonchev–Trinajstić information content (AvgIpc) is 3.68. The highest BCUT2D eigenvalue weighted by Gasteiger charge is 2.41. The minimum atomic E-state index is -0.341. The van der Waals surface area contributed by atoms with E-state index in [-0.39, 0.29) is 5.41 Å². The monoisotopic (exact) mass is 877 g/mol. The molecule has 0 saturated heterocycles. The Morgan fingerprint density at radius 3 is 1.52 bits per heavy atom. The van der Waals surface area contributed by atoms with Crippen LogP contribution in [0.3, 0.4) is 0 Å². The third kappa shape index (κ3) is 6.69. The van der Waals surface area contributed by atoms with Crippen LogP contribution >= 0.6 is 0 Å². The van der Waals surface area contributed by atoms with Crippen LogP contribution in [0.5, 0.6) is 0 Å². The maximum absolute atomic E-state index is 2.46. The van der Waals surface area contributed by atoms with Crippen LogP contribution in [0.1, 0.15) is 23.6 Å². The van der Waals surface area contributed by atoms with E-state index in [2.05, 4.69) is 279 Å². The van der Waals surface area contributed by atoms with E-state index in [0.29, 0.717) is 0 Å². The number of hydrogen-bond acceptors (Lipinski definition) is 1. The predicted molar refractivity (Wildman–Crippen MR) is 293 cm³/mol. The van der Waals surface area contributed by atoms with E-state index in [1.165, 1.54) is 99.1 Å². The molecule has 1 heteroatoms. The molecular formula is C68H47N. The quantitative estimate of drug-likeness (QED) is 0.138. The third-order valence-electron chi connectivity index (χ3n) is 14.7. The van der Waals surface area contributed by atoms with E-state index in [4.69, 9.17) is 0 Å². The zero-order chi connectivity index (χ0) is 45.9. The summed E-state index contributed by atoms with van der Waals surface area (Å²) >= 11 is 0. The zero-order valence-corrected chi connectivity index (χ0v) is 38.4. The summed E-state index contributed by atoms with van der Waals surface area (Å²) in [5.41, 5.74) is 19.1. The van der Waals surface area contributed by atoms with Gasteiger partial charge in [0.1, 0.15) is 0 Å². The lowest BCUT2D eigenvalue weighted by molar-refractivity contribution is 0.714. The van der Waals surface area contributed by atoms with Crippen molar-refractivity contribution in [2.45, 2.75) is 12.3 Å². The Kier molecular flexibility index (Phi) is 9.70. The Morgan fingerprint density at radius 1 is 0.275 bits per heavy atom. The molecule has 0 fully saturated rings. The zero-order valence-electron chi connectivity index (χ0n) is 38.4. The van der Waals surface area contributed by atoms with Crippen molar-refractivity contribution < 1.29 is 0 Å². The molecule has 0 aromatic heterocycles. The predicted octanol–water partition coefficient (Wildman–Crippen LogP) is 18.6. The van der Waals surface area contributed by atoms with Crippen molar-refractivity contribution in [2.75, 3.05) is 4.90 Å². The van der Waals surface area contributed by atoms with Crippen LogP contribution in [-0.2, 0) is 5.41 Å². The molecule has 12 aromatic rings. The average molecular weight is 878 g/mol. The van der Waals surface area contributed by atoms with Crippen molar-refractivity contribution in [1.82, 2.24) is 0 Å². The Labute approximate surface area is 403 Å². The highest BCUT2D eigenvalue weighted by atomic mass is 15.1. The van der Waals surface area contributed by atoms with Crippen molar-refractivity contribution >= 4 is 49.4 Å². The van der Waals surface area contributed by atoms with Gasteiger partial charge in [-0.25, -0.2) is 0 Å². The fourth-order valence-corrected chi connectivity index (χ4v) is 11.4. The maximum Gasteiger partial charge on any atom is 0.0467 e. The Bertz CT molecular complexity index is 3900. The van der Waals surface area contributed by atoms with Gasteiger partial charge in [-0.15, -0.1) is 0 Å². The van der Waals surface area contributed by atoms with E-state index in [0.717, 1.165) is 22.6 Å². The van der Waals surface area contributed by atoms with Crippen LogP contribution in [0, 0.1) is 0 Å². The molecule has 0 aliphatic heterocycles. The fraction of sp³-hybridized carbons (Fsp3) is 0.0294. The first kappa shape index (κ1) is 40.5. The topological polar surface area (TPSA) is 3.24 Å². The second kappa shape index (κ2) is 16.5. The molecule has 0 bridgehead atoms. The Hall–Kier alpha value is -8.78. The van der Waals surface area contributed by atoms with Crippen molar-refractivity contribution in [3.05, 3.63) is 284 Å². The lowest BCUT2D eigenvalue weighted by Crippen LogP contribution is -2.22. The van der Waals surface area contributed by atoms with Gasteiger partial charge in [0, 0.05) is 22.5 Å². The first-order chi connectivity index (χ1) is 34.1. The number of rotatable bonds is 8. The second-order valence-electron chi connectivity index (χ2n) is 18.5. The van der Waals surface area contributed by atoms with Gasteiger partial charge < -0.3 is 4.90 Å².